The highest BCUT2D eigenvalue weighted by Crippen LogP contribution is 2.35. The first-order valence-corrected chi connectivity index (χ1v) is 4.04. The van der Waals surface area contributed by atoms with Gasteiger partial charge in [-0.05, 0) is 24.7 Å². The topological polar surface area (TPSA) is 17.1 Å². The van der Waals surface area contributed by atoms with Crippen LogP contribution in [0, 0.1) is 11.8 Å². The number of Topliss-reactive ketones (excluding diaryl/α,β-unsaturated/α-hetero) is 1. The number of fused-ring (bicyclic) bond motifs is 1. The van der Waals surface area contributed by atoms with Crippen molar-refractivity contribution in [2.45, 2.75) is 25.7 Å². The summed E-state index contributed by atoms with van der Waals surface area (Å²) in [5, 5.41) is 0. The van der Waals surface area contributed by atoms with Crippen molar-refractivity contribution in [1.82, 2.24) is 0 Å². The van der Waals surface area contributed by atoms with Gasteiger partial charge in [-0.25, -0.2) is 0 Å². The lowest BCUT2D eigenvalue weighted by Crippen LogP contribution is -2.20. The van der Waals surface area contributed by atoms with Gasteiger partial charge < -0.3 is 0 Å². The normalized spacial score (nSPS) is 38.2. The van der Waals surface area contributed by atoms with E-state index in [1.54, 1.807) is 0 Å². The SMILES string of the molecule is O=C1CC[C@H]2C=CC[C@H]2C1. The summed E-state index contributed by atoms with van der Waals surface area (Å²) in [4.78, 5) is 11.0. The molecule has 2 rings (SSSR count). The number of hydrogen-bond acceptors (Lipinski definition) is 1. The fraction of sp³-hybridized carbons (Fsp3) is 0.667. The number of hydrogen-bond donors (Lipinski definition) is 0. The molecule has 54 valence electrons. The quantitative estimate of drug-likeness (QED) is 0.465. The molecule has 2 atom stereocenters. The van der Waals surface area contributed by atoms with E-state index in [2.05, 4.69) is 12.2 Å². The van der Waals surface area contributed by atoms with Crippen LogP contribution in [0.2, 0.25) is 0 Å². The summed E-state index contributed by atoms with van der Waals surface area (Å²) in [6, 6.07) is 0. The van der Waals surface area contributed by atoms with Crippen molar-refractivity contribution in [2.24, 2.45) is 11.8 Å². The van der Waals surface area contributed by atoms with Gasteiger partial charge in [-0.3, -0.25) is 4.79 Å². The molecule has 0 aromatic rings. The maximum Gasteiger partial charge on any atom is 0.133 e. The third kappa shape index (κ3) is 0.898. The van der Waals surface area contributed by atoms with Gasteiger partial charge in [0.2, 0.25) is 0 Å². The fourth-order valence-electron chi connectivity index (χ4n) is 2.05. The molecule has 10 heavy (non-hydrogen) atoms. The lowest BCUT2D eigenvalue weighted by Gasteiger charge is -2.23. The van der Waals surface area contributed by atoms with Crippen molar-refractivity contribution in [3.63, 3.8) is 0 Å². The second kappa shape index (κ2) is 2.22. The molecule has 0 bridgehead atoms. The van der Waals surface area contributed by atoms with Crippen LogP contribution in [-0.2, 0) is 4.79 Å². The predicted molar refractivity (Wildman–Crippen MR) is 39.6 cm³/mol. The van der Waals surface area contributed by atoms with E-state index in [0.717, 1.165) is 31.6 Å². The van der Waals surface area contributed by atoms with Gasteiger partial charge in [-0.1, -0.05) is 12.2 Å². The Morgan fingerprint density at radius 2 is 2.40 bits per heavy atom. The second-order valence-corrected chi connectivity index (χ2v) is 3.37. The third-order valence-corrected chi connectivity index (χ3v) is 2.67. The van der Waals surface area contributed by atoms with Crippen LogP contribution >= 0.6 is 0 Å². The van der Waals surface area contributed by atoms with Crippen molar-refractivity contribution in [2.75, 3.05) is 0 Å². The molecule has 2 aliphatic carbocycles. The van der Waals surface area contributed by atoms with Gasteiger partial charge in [-0.2, -0.15) is 0 Å². The molecule has 0 radical (unpaired) electrons. The highest BCUT2D eigenvalue weighted by molar-refractivity contribution is 5.79. The van der Waals surface area contributed by atoms with Crippen LogP contribution in [0.1, 0.15) is 25.7 Å². The van der Waals surface area contributed by atoms with Crippen LogP contribution in [0.3, 0.4) is 0 Å². The zero-order valence-electron chi connectivity index (χ0n) is 6.05. The van der Waals surface area contributed by atoms with Gasteiger partial charge in [-0.15, -0.1) is 0 Å². The van der Waals surface area contributed by atoms with Crippen LogP contribution in [0.4, 0.5) is 0 Å². The molecule has 0 unspecified atom stereocenters. The Kier molecular flexibility index (Phi) is 1.37. The summed E-state index contributed by atoms with van der Waals surface area (Å²) in [7, 11) is 0. The molecule has 0 amide bonds. The number of ketones is 1. The molecule has 0 N–H and O–H groups in total. The average molecular weight is 136 g/mol. The molecule has 1 fully saturated rings. The monoisotopic (exact) mass is 136 g/mol. The van der Waals surface area contributed by atoms with E-state index in [1.165, 1.54) is 0 Å². The maximum absolute atomic E-state index is 11.0. The summed E-state index contributed by atoms with van der Waals surface area (Å²) < 4.78 is 0. The number of allylic oxidation sites excluding steroid dienone is 2. The predicted octanol–water partition coefficient (Wildman–Crippen LogP) is 1.93. The molecular formula is C9H12O. The first kappa shape index (κ1) is 6.14. The van der Waals surface area contributed by atoms with Crippen LogP contribution in [-0.4, -0.2) is 5.78 Å². The Bertz CT molecular complexity index is 181. The van der Waals surface area contributed by atoms with E-state index < -0.39 is 0 Å². The fourth-order valence-corrected chi connectivity index (χ4v) is 2.05. The van der Waals surface area contributed by atoms with Crippen molar-refractivity contribution < 1.29 is 4.79 Å². The minimum atomic E-state index is 0.477. The Balaban J connectivity index is 2.07. The summed E-state index contributed by atoms with van der Waals surface area (Å²) in [5.41, 5.74) is 0. The molecule has 0 spiro atoms. The maximum atomic E-state index is 11.0. The lowest BCUT2D eigenvalue weighted by atomic mass is 9.81. The highest BCUT2D eigenvalue weighted by Gasteiger charge is 2.29. The standard InChI is InChI=1S/C9H12O/c10-9-5-4-7-2-1-3-8(7)6-9/h1-2,7-8H,3-6H2/t7-,8+/m1/s1. The molecule has 1 heteroatoms. The molecular weight excluding hydrogens is 124 g/mol. The van der Waals surface area contributed by atoms with E-state index in [0.29, 0.717) is 11.7 Å². The zero-order chi connectivity index (χ0) is 6.97. The molecule has 0 aromatic carbocycles. The van der Waals surface area contributed by atoms with Crippen molar-refractivity contribution in [3.05, 3.63) is 12.2 Å². The number of carbonyl (C=O) groups is 1. The zero-order valence-corrected chi connectivity index (χ0v) is 6.05. The van der Waals surface area contributed by atoms with E-state index in [9.17, 15) is 4.79 Å². The first-order chi connectivity index (χ1) is 4.86. The minimum absolute atomic E-state index is 0.477. The van der Waals surface area contributed by atoms with Crippen molar-refractivity contribution >= 4 is 5.78 Å². The van der Waals surface area contributed by atoms with Gasteiger partial charge in [0.1, 0.15) is 5.78 Å². The second-order valence-electron chi connectivity index (χ2n) is 3.37. The van der Waals surface area contributed by atoms with Crippen molar-refractivity contribution in [1.29, 1.82) is 0 Å². The molecule has 2 aliphatic rings. The van der Waals surface area contributed by atoms with Gasteiger partial charge >= 0.3 is 0 Å². The molecule has 0 aromatic heterocycles. The van der Waals surface area contributed by atoms with E-state index in [-0.39, 0.29) is 0 Å². The Labute approximate surface area is 61.1 Å². The van der Waals surface area contributed by atoms with Crippen LogP contribution in [0.25, 0.3) is 0 Å². The summed E-state index contributed by atoms with van der Waals surface area (Å²) in [6.45, 7) is 0. The number of carbonyl (C=O) groups excluding carboxylic acids is 1. The first-order valence-electron chi connectivity index (χ1n) is 4.04. The summed E-state index contributed by atoms with van der Waals surface area (Å²) >= 11 is 0. The van der Waals surface area contributed by atoms with E-state index in [4.69, 9.17) is 0 Å². The Hall–Kier alpha value is -0.590. The van der Waals surface area contributed by atoms with E-state index >= 15 is 0 Å². The van der Waals surface area contributed by atoms with Gasteiger partial charge in [0.25, 0.3) is 0 Å². The van der Waals surface area contributed by atoms with Gasteiger partial charge in [0.05, 0.1) is 0 Å². The molecule has 1 nitrogen and oxygen atoms in total. The molecule has 0 heterocycles. The molecule has 0 saturated heterocycles. The molecule has 1 saturated carbocycles. The largest absolute Gasteiger partial charge is 0.300 e. The molecule has 0 aliphatic heterocycles. The van der Waals surface area contributed by atoms with Crippen molar-refractivity contribution in [3.8, 4) is 0 Å². The summed E-state index contributed by atoms with van der Waals surface area (Å²) in [5.74, 6) is 1.91. The van der Waals surface area contributed by atoms with Gasteiger partial charge in [0.15, 0.2) is 0 Å². The van der Waals surface area contributed by atoms with Crippen LogP contribution in [0.15, 0.2) is 12.2 Å². The summed E-state index contributed by atoms with van der Waals surface area (Å²) in [6.07, 6.45) is 8.45. The highest BCUT2D eigenvalue weighted by atomic mass is 16.1. The Morgan fingerprint density at radius 1 is 1.50 bits per heavy atom. The van der Waals surface area contributed by atoms with Crippen LogP contribution in [0.5, 0.6) is 0 Å². The van der Waals surface area contributed by atoms with E-state index in [1.807, 2.05) is 0 Å². The van der Waals surface area contributed by atoms with Crippen LogP contribution < -0.4 is 0 Å². The minimum Gasteiger partial charge on any atom is -0.300 e. The third-order valence-electron chi connectivity index (χ3n) is 2.67. The number of rotatable bonds is 0. The smallest absolute Gasteiger partial charge is 0.133 e. The van der Waals surface area contributed by atoms with Gasteiger partial charge in [0, 0.05) is 12.8 Å². The Morgan fingerprint density at radius 3 is 3.30 bits per heavy atom. The average Bonchev–Trinajstić information content (AvgIpc) is 2.33. The lowest BCUT2D eigenvalue weighted by molar-refractivity contribution is -0.122.